The first-order valence-corrected chi connectivity index (χ1v) is 9.75. The van der Waals surface area contributed by atoms with Crippen LogP contribution in [0.3, 0.4) is 0 Å². The molecular weight excluding hydrogens is 411 g/mol. The fraction of sp³-hybridized carbons (Fsp3) is 0.409. The number of benzene rings is 2. The van der Waals surface area contributed by atoms with Crippen LogP contribution in [0.4, 0.5) is 13.2 Å². The summed E-state index contributed by atoms with van der Waals surface area (Å²) in [6, 6.07) is 12.5. The van der Waals surface area contributed by atoms with Gasteiger partial charge in [-0.25, -0.2) is 0 Å². The van der Waals surface area contributed by atoms with Crippen LogP contribution in [0.25, 0.3) is 0 Å². The maximum absolute atomic E-state index is 12.5. The fourth-order valence-electron chi connectivity index (χ4n) is 2.71. The predicted octanol–water partition coefficient (Wildman–Crippen LogP) is 3.83. The zero-order valence-corrected chi connectivity index (χ0v) is 17.9. The summed E-state index contributed by atoms with van der Waals surface area (Å²) in [5.41, 5.74) is 2.61. The molecule has 2 N–H and O–H groups in total. The lowest BCUT2D eigenvalue weighted by atomic mass is 10.1. The highest BCUT2D eigenvalue weighted by molar-refractivity contribution is 5.79. The van der Waals surface area contributed by atoms with E-state index < -0.39 is 12.8 Å². The van der Waals surface area contributed by atoms with Gasteiger partial charge in [-0.15, -0.1) is 0 Å². The van der Waals surface area contributed by atoms with Crippen molar-refractivity contribution in [1.29, 1.82) is 0 Å². The van der Waals surface area contributed by atoms with E-state index in [2.05, 4.69) is 15.6 Å². The van der Waals surface area contributed by atoms with Crippen molar-refractivity contribution in [2.24, 2.45) is 4.99 Å². The number of ether oxygens (including phenoxy) is 3. The van der Waals surface area contributed by atoms with Crippen LogP contribution in [0.5, 0.6) is 11.5 Å². The number of rotatable bonds is 10. The molecule has 0 heterocycles. The first-order valence-electron chi connectivity index (χ1n) is 9.75. The SMILES string of the molecule is CN=C(NCc1ccc(C)cc1OCCOC)NCc1ccccc1OCC(F)(F)F. The molecule has 0 fully saturated rings. The molecule has 2 aromatic carbocycles. The average molecular weight is 439 g/mol. The Balaban J connectivity index is 1.96. The van der Waals surface area contributed by atoms with Crippen molar-refractivity contribution in [1.82, 2.24) is 10.6 Å². The van der Waals surface area contributed by atoms with E-state index in [0.29, 0.717) is 31.3 Å². The summed E-state index contributed by atoms with van der Waals surface area (Å²) < 4.78 is 53.2. The predicted molar refractivity (Wildman–Crippen MR) is 114 cm³/mol. The summed E-state index contributed by atoms with van der Waals surface area (Å²) in [5, 5.41) is 6.28. The molecule has 9 heteroatoms. The smallest absolute Gasteiger partial charge is 0.422 e. The first-order chi connectivity index (χ1) is 14.8. The zero-order valence-electron chi connectivity index (χ0n) is 17.9. The first kappa shape index (κ1) is 24.3. The highest BCUT2D eigenvalue weighted by Gasteiger charge is 2.28. The van der Waals surface area contributed by atoms with E-state index in [0.717, 1.165) is 16.9 Å². The van der Waals surface area contributed by atoms with Gasteiger partial charge in [0.15, 0.2) is 12.6 Å². The van der Waals surface area contributed by atoms with Gasteiger partial charge in [-0.3, -0.25) is 4.99 Å². The van der Waals surface area contributed by atoms with E-state index in [1.54, 1.807) is 32.4 Å². The second-order valence-corrected chi connectivity index (χ2v) is 6.74. The van der Waals surface area contributed by atoms with Crippen molar-refractivity contribution >= 4 is 5.96 Å². The van der Waals surface area contributed by atoms with Crippen molar-refractivity contribution in [3.8, 4) is 11.5 Å². The Morgan fingerprint density at radius 3 is 2.26 bits per heavy atom. The molecule has 170 valence electrons. The number of alkyl halides is 3. The van der Waals surface area contributed by atoms with E-state index in [1.165, 1.54) is 6.07 Å². The van der Waals surface area contributed by atoms with Crippen LogP contribution in [0, 0.1) is 6.92 Å². The topological polar surface area (TPSA) is 64.1 Å². The molecular formula is C22H28F3N3O3. The third kappa shape index (κ3) is 8.75. The summed E-state index contributed by atoms with van der Waals surface area (Å²) in [6.07, 6.45) is -4.39. The third-order valence-electron chi connectivity index (χ3n) is 4.25. The molecule has 0 spiro atoms. The Morgan fingerprint density at radius 2 is 1.61 bits per heavy atom. The normalized spacial score (nSPS) is 11.9. The van der Waals surface area contributed by atoms with Gasteiger partial charge in [0, 0.05) is 38.4 Å². The maximum atomic E-state index is 12.5. The number of para-hydroxylation sites is 1. The fourth-order valence-corrected chi connectivity index (χ4v) is 2.71. The minimum absolute atomic E-state index is 0.176. The van der Waals surface area contributed by atoms with Crippen LogP contribution in [-0.2, 0) is 17.8 Å². The van der Waals surface area contributed by atoms with Crippen molar-refractivity contribution < 1.29 is 27.4 Å². The van der Waals surface area contributed by atoms with Gasteiger partial charge in [0.1, 0.15) is 18.1 Å². The molecule has 0 aliphatic heterocycles. The molecule has 0 unspecified atom stereocenters. The maximum Gasteiger partial charge on any atom is 0.422 e. The lowest BCUT2D eigenvalue weighted by molar-refractivity contribution is -0.153. The molecule has 0 aliphatic carbocycles. The van der Waals surface area contributed by atoms with Crippen molar-refractivity contribution in [2.45, 2.75) is 26.2 Å². The van der Waals surface area contributed by atoms with Crippen LogP contribution in [-0.4, -0.2) is 46.1 Å². The monoisotopic (exact) mass is 439 g/mol. The largest absolute Gasteiger partial charge is 0.491 e. The summed E-state index contributed by atoms with van der Waals surface area (Å²) in [7, 11) is 3.23. The van der Waals surface area contributed by atoms with Gasteiger partial charge in [0.2, 0.25) is 0 Å². The van der Waals surface area contributed by atoms with Crippen LogP contribution < -0.4 is 20.1 Å². The molecule has 0 aliphatic rings. The van der Waals surface area contributed by atoms with Crippen molar-refractivity contribution in [2.75, 3.05) is 34.0 Å². The molecule has 2 rings (SSSR count). The summed E-state index contributed by atoms with van der Waals surface area (Å²) in [5.74, 6) is 1.43. The van der Waals surface area contributed by atoms with E-state index in [9.17, 15) is 13.2 Å². The highest BCUT2D eigenvalue weighted by atomic mass is 19.4. The number of hydrogen-bond donors (Lipinski definition) is 2. The Labute approximate surface area is 180 Å². The van der Waals surface area contributed by atoms with Gasteiger partial charge >= 0.3 is 6.18 Å². The number of hydrogen-bond acceptors (Lipinski definition) is 4. The molecule has 2 aromatic rings. The summed E-state index contributed by atoms with van der Waals surface area (Å²) in [4.78, 5) is 4.17. The molecule has 0 atom stereocenters. The molecule has 0 amide bonds. The van der Waals surface area contributed by atoms with Gasteiger partial charge in [-0.1, -0.05) is 30.3 Å². The van der Waals surface area contributed by atoms with Crippen LogP contribution in [0.2, 0.25) is 0 Å². The Kier molecular flexibility index (Phi) is 9.45. The minimum Gasteiger partial charge on any atom is -0.491 e. The molecule has 6 nitrogen and oxygen atoms in total. The van der Waals surface area contributed by atoms with Crippen LogP contribution in [0.1, 0.15) is 16.7 Å². The summed E-state index contributed by atoms with van der Waals surface area (Å²) in [6.45, 7) is 2.28. The van der Waals surface area contributed by atoms with E-state index >= 15 is 0 Å². The lowest BCUT2D eigenvalue weighted by Crippen LogP contribution is -2.36. The van der Waals surface area contributed by atoms with Gasteiger partial charge < -0.3 is 24.8 Å². The number of methoxy groups -OCH3 is 1. The molecule has 0 saturated heterocycles. The minimum atomic E-state index is -4.39. The van der Waals surface area contributed by atoms with E-state index in [1.807, 2.05) is 25.1 Å². The lowest BCUT2D eigenvalue weighted by Gasteiger charge is -2.17. The Bertz CT molecular complexity index is 857. The standard InChI is InChI=1S/C22H28F3N3O3/c1-16-8-9-18(20(12-16)30-11-10-29-3)14-28-21(26-2)27-13-17-6-4-5-7-19(17)31-15-22(23,24)25/h4-9,12H,10-11,13-15H2,1-3H3,(H2,26,27,28). The molecule has 0 bridgehead atoms. The van der Waals surface area contributed by atoms with E-state index in [4.69, 9.17) is 14.2 Å². The second kappa shape index (κ2) is 12.0. The van der Waals surface area contributed by atoms with Gasteiger partial charge in [-0.05, 0) is 24.6 Å². The number of guanidine groups is 1. The molecule has 0 radical (unpaired) electrons. The van der Waals surface area contributed by atoms with Gasteiger partial charge in [-0.2, -0.15) is 13.2 Å². The number of aryl methyl sites for hydroxylation is 1. The molecule has 0 saturated carbocycles. The molecule has 0 aromatic heterocycles. The quantitative estimate of drug-likeness (QED) is 0.335. The Hall–Kier alpha value is -2.94. The average Bonchev–Trinajstić information content (AvgIpc) is 2.73. The second-order valence-electron chi connectivity index (χ2n) is 6.74. The highest BCUT2D eigenvalue weighted by Crippen LogP contribution is 2.22. The number of aliphatic imine (C=N–C) groups is 1. The zero-order chi connectivity index (χ0) is 22.7. The number of halogens is 3. The molecule has 31 heavy (non-hydrogen) atoms. The van der Waals surface area contributed by atoms with E-state index in [-0.39, 0.29) is 12.3 Å². The van der Waals surface area contributed by atoms with Gasteiger partial charge in [0.05, 0.1) is 6.61 Å². The summed E-state index contributed by atoms with van der Waals surface area (Å²) >= 11 is 0. The van der Waals surface area contributed by atoms with Crippen LogP contribution >= 0.6 is 0 Å². The number of nitrogens with one attached hydrogen (secondary N) is 2. The number of nitrogens with zero attached hydrogens (tertiary/aromatic N) is 1. The third-order valence-corrected chi connectivity index (χ3v) is 4.25. The van der Waals surface area contributed by atoms with Gasteiger partial charge in [0.25, 0.3) is 0 Å². The van der Waals surface area contributed by atoms with Crippen molar-refractivity contribution in [3.63, 3.8) is 0 Å². The van der Waals surface area contributed by atoms with Crippen LogP contribution in [0.15, 0.2) is 47.5 Å². The Morgan fingerprint density at radius 1 is 0.935 bits per heavy atom. The van der Waals surface area contributed by atoms with Crippen molar-refractivity contribution in [3.05, 3.63) is 59.2 Å².